The molecule has 1 heterocycles. The molecule has 1 saturated carbocycles. The Balaban J connectivity index is 1.37. The zero-order valence-electron chi connectivity index (χ0n) is 16.7. The molecule has 0 bridgehead atoms. The Morgan fingerprint density at radius 1 is 1.18 bits per heavy atom. The molecular formula is C23H28ClN3O. The minimum atomic E-state index is 0.0152. The molecule has 4 rings (SSSR count). The molecule has 2 N–H and O–H groups in total. The molecule has 4 nitrogen and oxygen atoms in total. The van der Waals surface area contributed by atoms with Crippen molar-refractivity contribution in [2.45, 2.75) is 37.6 Å². The minimum absolute atomic E-state index is 0.0152. The summed E-state index contributed by atoms with van der Waals surface area (Å²) in [7, 11) is 4.28. The molecular weight excluding hydrogens is 370 g/mol. The van der Waals surface area contributed by atoms with Crippen molar-refractivity contribution in [1.82, 2.24) is 9.80 Å². The number of fused-ring (bicyclic) bond motifs is 1. The summed E-state index contributed by atoms with van der Waals surface area (Å²) in [5.74, 6) is 0.0152. The first-order valence-corrected chi connectivity index (χ1v) is 10.4. The molecule has 0 aromatic heterocycles. The molecule has 2 aromatic rings. The monoisotopic (exact) mass is 397 g/mol. The third-order valence-electron chi connectivity index (χ3n) is 6.21. The molecule has 0 radical (unpaired) electrons. The number of carbonyl (C=O) groups is 1. The lowest BCUT2D eigenvalue weighted by Crippen LogP contribution is -2.26. The van der Waals surface area contributed by atoms with Crippen molar-refractivity contribution in [3.8, 4) is 0 Å². The van der Waals surface area contributed by atoms with Crippen LogP contribution in [0.3, 0.4) is 0 Å². The van der Waals surface area contributed by atoms with Crippen molar-refractivity contribution in [1.29, 1.82) is 0 Å². The number of nitrogens with two attached hydrogens (primary N) is 1. The topological polar surface area (TPSA) is 49.6 Å². The SMILES string of the molecule is CN(C)CCC1(c2ccc(CCN3Cc4cc(Cl)cc(N)c4C3=O)cc2)CC1. The lowest BCUT2D eigenvalue weighted by molar-refractivity contribution is 0.0781. The van der Waals surface area contributed by atoms with Crippen LogP contribution >= 0.6 is 11.6 Å². The predicted molar refractivity (Wildman–Crippen MR) is 115 cm³/mol. The van der Waals surface area contributed by atoms with Gasteiger partial charge in [-0.05, 0) is 80.6 Å². The molecule has 2 aromatic carbocycles. The minimum Gasteiger partial charge on any atom is -0.398 e. The summed E-state index contributed by atoms with van der Waals surface area (Å²) in [5.41, 5.74) is 11.2. The summed E-state index contributed by atoms with van der Waals surface area (Å²) in [6.07, 6.45) is 4.66. The zero-order valence-corrected chi connectivity index (χ0v) is 17.4. The maximum atomic E-state index is 12.7. The molecule has 1 amide bonds. The van der Waals surface area contributed by atoms with Crippen LogP contribution in [0.2, 0.25) is 5.02 Å². The Labute approximate surface area is 172 Å². The van der Waals surface area contributed by atoms with Crippen molar-refractivity contribution in [2.24, 2.45) is 0 Å². The first-order chi connectivity index (χ1) is 13.4. The van der Waals surface area contributed by atoms with Gasteiger partial charge in [0, 0.05) is 23.8 Å². The molecule has 5 heteroatoms. The van der Waals surface area contributed by atoms with Crippen LogP contribution in [0.4, 0.5) is 5.69 Å². The second kappa shape index (κ2) is 7.41. The average Bonchev–Trinajstić information content (AvgIpc) is 3.37. The molecule has 0 unspecified atom stereocenters. The Hall–Kier alpha value is -2.04. The number of hydrogen-bond acceptors (Lipinski definition) is 3. The number of hydrogen-bond donors (Lipinski definition) is 1. The van der Waals surface area contributed by atoms with Gasteiger partial charge < -0.3 is 15.5 Å². The molecule has 1 aliphatic heterocycles. The molecule has 148 valence electrons. The third kappa shape index (κ3) is 3.76. The lowest BCUT2D eigenvalue weighted by Gasteiger charge is -2.19. The molecule has 0 saturated heterocycles. The maximum Gasteiger partial charge on any atom is 0.256 e. The molecule has 28 heavy (non-hydrogen) atoms. The zero-order chi connectivity index (χ0) is 19.9. The van der Waals surface area contributed by atoms with Crippen LogP contribution in [0.5, 0.6) is 0 Å². The summed E-state index contributed by atoms with van der Waals surface area (Å²) in [5, 5.41) is 0.588. The molecule has 0 atom stereocenters. The first kappa shape index (κ1) is 19.3. The fraction of sp³-hybridized carbons (Fsp3) is 0.435. The highest BCUT2D eigenvalue weighted by Crippen LogP contribution is 2.51. The van der Waals surface area contributed by atoms with Gasteiger partial charge in [-0.2, -0.15) is 0 Å². The van der Waals surface area contributed by atoms with Gasteiger partial charge in [-0.25, -0.2) is 0 Å². The molecule has 1 fully saturated rings. The van der Waals surface area contributed by atoms with E-state index in [4.69, 9.17) is 17.3 Å². The van der Waals surface area contributed by atoms with Crippen molar-refractivity contribution >= 4 is 23.2 Å². The predicted octanol–water partition coefficient (Wildman–Crippen LogP) is 4.10. The normalized spacial score (nSPS) is 17.3. The van der Waals surface area contributed by atoms with E-state index in [1.54, 1.807) is 6.07 Å². The van der Waals surface area contributed by atoms with Gasteiger partial charge in [0.15, 0.2) is 0 Å². The van der Waals surface area contributed by atoms with Gasteiger partial charge in [-0.1, -0.05) is 35.9 Å². The van der Waals surface area contributed by atoms with E-state index in [0.717, 1.165) is 18.5 Å². The second-order valence-corrected chi connectivity index (χ2v) is 8.97. The number of halogens is 1. The van der Waals surface area contributed by atoms with Gasteiger partial charge in [-0.15, -0.1) is 0 Å². The average molecular weight is 398 g/mol. The number of nitrogen functional groups attached to an aromatic ring is 1. The van der Waals surface area contributed by atoms with Gasteiger partial charge in [0.25, 0.3) is 5.91 Å². The Kier molecular flexibility index (Phi) is 5.11. The number of amides is 1. The quantitative estimate of drug-likeness (QED) is 0.715. The number of carbonyl (C=O) groups excluding carboxylic acids is 1. The van der Waals surface area contributed by atoms with Gasteiger partial charge >= 0.3 is 0 Å². The van der Waals surface area contributed by atoms with Crippen molar-refractivity contribution in [2.75, 3.05) is 32.9 Å². The smallest absolute Gasteiger partial charge is 0.256 e. The van der Waals surface area contributed by atoms with E-state index in [2.05, 4.69) is 43.3 Å². The van der Waals surface area contributed by atoms with E-state index in [1.807, 2.05) is 11.0 Å². The third-order valence-corrected chi connectivity index (χ3v) is 6.42. The maximum absolute atomic E-state index is 12.7. The summed E-state index contributed by atoms with van der Waals surface area (Å²) in [6.45, 7) is 2.41. The standard InChI is InChI=1S/C23H28ClN3O/c1-26(2)12-10-23(8-9-23)18-5-3-16(4-6-18)7-11-27-15-17-13-19(24)14-20(25)21(17)22(27)28/h3-6,13-14H,7-12,15,25H2,1-2H3. The number of benzene rings is 2. The van der Waals surface area contributed by atoms with E-state index in [1.165, 1.54) is 30.4 Å². The second-order valence-electron chi connectivity index (χ2n) is 8.54. The summed E-state index contributed by atoms with van der Waals surface area (Å²) in [6, 6.07) is 12.5. The first-order valence-electron chi connectivity index (χ1n) is 9.99. The van der Waals surface area contributed by atoms with E-state index in [-0.39, 0.29) is 5.91 Å². The van der Waals surface area contributed by atoms with Crippen LogP contribution in [0.25, 0.3) is 0 Å². The van der Waals surface area contributed by atoms with Crippen molar-refractivity contribution in [3.05, 3.63) is 63.7 Å². The Bertz CT molecular complexity index is 887. The van der Waals surface area contributed by atoms with Gasteiger partial charge in [0.05, 0.1) is 5.56 Å². The van der Waals surface area contributed by atoms with Crippen molar-refractivity contribution in [3.63, 3.8) is 0 Å². The van der Waals surface area contributed by atoms with Gasteiger partial charge in [0.1, 0.15) is 0 Å². The van der Waals surface area contributed by atoms with Crippen LogP contribution in [-0.4, -0.2) is 42.9 Å². The largest absolute Gasteiger partial charge is 0.398 e. The summed E-state index contributed by atoms with van der Waals surface area (Å²) >= 11 is 6.08. The molecule has 2 aliphatic rings. The highest BCUT2D eigenvalue weighted by atomic mass is 35.5. The molecule has 1 aliphatic carbocycles. The number of nitrogens with zero attached hydrogens (tertiary/aromatic N) is 2. The Morgan fingerprint density at radius 3 is 2.54 bits per heavy atom. The lowest BCUT2D eigenvalue weighted by atomic mass is 9.91. The highest BCUT2D eigenvalue weighted by molar-refractivity contribution is 6.31. The fourth-order valence-electron chi connectivity index (χ4n) is 4.25. The van der Waals surface area contributed by atoms with Crippen LogP contribution in [0.1, 0.15) is 46.3 Å². The molecule has 0 spiro atoms. The van der Waals surface area contributed by atoms with Crippen LogP contribution in [0, 0.1) is 0 Å². The van der Waals surface area contributed by atoms with E-state index in [9.17, 15) is 4.79 Å². The van der Waals surface area contributed by atoms with Crippen LogP contribution < -0.4 is 5.73 Å². The van der Waals surface area contributed by atoms with E-state index >= 15 is 0 Å². The van der Waals surface area contributed by atoms with Crippen LogP contribution in [0.15, 0.2) is 36.4 Å². The Morgan fingerprint density at radius 2 is 1.89 bits per heavy atom. The highest BCUT2D eigenvalue weighted by Gasteiger charge is 2.43. The van der Waals surface area contributed by atoms with Crippen LogP contribution in [-0.2, 0) is 18.4 Å². The number of anilines is 1. The summed E-state index contributed by atoms with van der Waals surface area (Å²) < 4.78 is 0. The van der Waals surface area contributed by atoms with E-state index in [0.29, 0.717) is 34.8 Å². The van der Waals surface area contributed by atoms with Gasteiger partial charge in [0.2, 0.25) is 0 Å². The summed E-state index contributed by atoms with van der Waals surface area (Å²) in [4.78, 5) is 16.8. The fourth-order valence-corrected chi connectivity index (χ4v) is 4.50. The van der Waals surface area contributed by atoms with E-state index < -0.39 is 0 Å². The van der Waals surface area contributed by atoms with Crippen molar-refractivity contribution < 1.29 is 4.79 Å². The van der Waals surface area contributed by atoms with Gasteiger partial charge in [-0.3, -0.25) is 4.79 Å². The number of rotatable bonds is 7.